The second-order valence-electron chi connectivity index (χ2n) is 4.11. The van der Waals surface area contributed by atoms with Gasteiger partial charge in [-0.25, -0.2) is 4.98 Å². The average molecular weight is 229 g/mol. The number of hydrogen-bond acceptors (Lipinski definition) is 1. The second kappa shape index (κ2) is 4.35. The van der Waals surface area contributed by atoms with Gasteiger partial charge < -0.3 is 0 Å². The summed E-state index contributed by atoms with van der Waals surface area (Å²) in [4.78, 5) is 4.65. The smallest absolute Gasteiger partial charge is 0.0710 e. The zero-order valence-electron chi connectivity index (χ0n) is 9.80. The third-order valence-corrected chi connectivity index (χ3v) is 2.93. The van der Waals surface area contributed by atoms with E-state index < -0.39 is 0 Å². The van der Waals surface area contributed by atoms with Gasteiger partial charge in [-0.3, -0.25) is 0 Å². The van der Waals surface area contributed by atoms with Crippen LogP contribution in [0.4, 0.5) is 0 Å². The Kier molecular flexibility index (Phi) is 2.55. The second-order valence-corrected chi connectivity index (χ2v) is 4.11. The zero-order valence-corrected chi connectivity index (χ0v) is 9.80. The fourth-order valence-corrected chi connectivity index (χ4v) is 1.99. The van der Waals surface area contributed by atoms with Crippen molar-refractivity contribution in [3.63, 3.8) is 0 Å². The summed E-state index contributed by atoms with van der Waals surface area (Å²) >= 11 is 0. The van der Waals surface area contributed by atoms with Gasteiger partial charge in [-0.15, -0.1) is 6.42 Å². The molecule has 0 aliphatic rings. The van der Waals surface area contributed by atoms with Crippen LogP contribution in [0.2, 0.25) is 0 Å². The normalized spacial score (nSPS) is 10.2. The van der Waals surface area contributed by atoms with Crippen molar-refractivity contribution in [1.29, 1.82) is 0 Å². The highest BCUT2D eigenvalue weighted by Crippen LogP contribution is 2.21. The van der Waals surface area contributed by atoms with E-state index in [0.29, 0.717) is 0 Å². The topological polar surface area (TPSA) is 12.9 Å². The lowest BCUT2D eigenvalue weighted by atomic mass is 10.1. The molecular formula is C17H11N. The van der Waals surface area contributed by atoms with Gasteiger partial charge in [0.25, 0.3) is 0 Å². The lowest BCUT2D eigenvalue weighted by Gasteiger charge is -2.03. The van der Waals surface area contributed by atoms with Crippen molar-refractivity contribution in [3.05, 3.63) is 66.2 Å². The van der Waals surface area contributed by atoms with Gasteiger partial charge in [-0.05, 0) is 24.3 Å². The monoisotopic (exact) mass is 229 g/mol. The van der Waals surface area contributed by atoms with Crippen molar-refractivity contribution < 1.29 is 0 Å². The number of nitrogens with zero attached hydrogens (tertiary/aromatic N) is 1. The molecule has 1 aromatic heterocycles. The lowest BCUT2D eigenvalue weighted by Crippen LogP contribution is -1.85. The highest BCUT2D eigenvalue weighted by molar-refractivity contribution is 5.82. The summed E-state index contributed by atoms with van der Waals surface area (Å²) in [6.07, 6.45) is 5.39. The van der Waals surface area contributed by atoms with Crippen LogP contribution in [0.3, 0.4) is 0 Å². The number of terminal acetylenes is 1. The van der Waals surface area contributed by atoms with Crippen LogP contribution < -0.4 is 0 Å². The quantitative estimate of drug-likeness (QED) is 0.577. The number of fused-ring (bicyclic) bond motifs is 1. The first kappa shape index (κ1) is 10.6. The van der Waals surface area contributed by atoms with E-state index in [-0.39, 0.29) is 0 Å². The molecule has 84 valence electrons. The van der Waals surface area contributed by atoms with Crippen molar-refractivity contribution in [3.8, 4) is 23.6 Å². The van der Waals surface area contributed by atoms with Gasteiger partial charge in [0.15, 0.2) is 0 Å². The molecule has 0 amide bonds. The van der Waals surface area contributed by atoms with E-state index >= 15 is 0 Å². The van der Waals surface area contributed by atoms with Gasteiger partial charge in [0, 0.05) is 16.5 Å². The molecule has 0 spiro atoms. The third kappa shape index (κ3) is 1.85. The average Bonchev–Trinajstić information content (AvgIpc) is 2.47. The van der Waals surface area contributed by atoms with Crippen LogP contribution in [0.1, 0.15) is 5.56 Å². The molecule has 1 heteroatoms. The molecule has 0 N–H and O–H groups in total. The Balaban J connectivity index is 2.16. The predicted molar refractivity (Wildman–Crippen MR) is 75.1 cm³/mol. The molecule has 1 heterocycles. The molecule has 0 bridgehead atoms. The largest absolute Gasteiger partial charge is 0.248 e. The number of pyridine rings is 1. The fourth-order valence-electron chi connectivity index (χ4n) is 1.99. The maximum atomic E-state index is 5.39. The minimum Gasteiger partial charge on any atom is -0.248 e. The van der Waals surface area contributed by atoms with Gasteiger partial charge in [-0.1, -0.05) is 42.3 Å². The van der Waals surface area contributed by atoms with Gasteiger partial charge in [0.05, 0.1) is 11.2 Å². The van der Waals surface area contributed by atoms with E-state index in [9.17, 15) is 0 Å². The van der Waals surface area contributed by atoms with E-state index in [1.807, 2.05) is 42.5 Å². The van der Waals surface area contributed by atoms with Crippen LogP contribution in [-0.2, 0) is 0 Å². The van der Waals surface area contributed by atoms with Crippen LogP contribution in [0.15, 0.2) is 60.7 Å². The molecule has 0 fully saturated rings. The zero-order chi connectivity index (χ0) is 12.4. The molecule has 3 rings (SSSR count). The maximum Gasteiger partial charge on any atom is 0.0710 e. The molecule has 1 nitrogen and oxygen atoms in total. The highest BCUT2D eigenvalue weighted by Gasteiger charge is 2.01. The number of aromatic nitrogens is 1. The molecule has 18 heavy (non-hydrogen) atoms. The summed E-state index contributed by atoms with van der Waals surface area (Å²) in [5, 5.41) is 1.07. The van der Waals surface area contributed by atoms with E-state index in [0.717, 1.165) is 27.7 Å². The van der Waals surface area contributed by atoms with Gasteiger partial charge in [-0.2, -0.15) is 0 Å². The van der Waals surface area contributed by atoms with Crippen molar-refractivity contribution in [2.24, 2.45) is 0 Å². The first-order chi connectivity index (χ1) is 8.86. The number of hydrogen-bond donors (Lipinski definition) is 0. The van der Waals surface area contributed by atoms with E-state index in [4.69, 9.17) is 6.42 Å². The molecule has 0 radical (unpaired) electrons. The molecule has 3 aromatic rings. The Morgan fingerprint density at radius 2 is 1.72 bits per heavy atom. The van der Waals surface area contributed by atoms with Gasteiger partial charge >= 0.3 is 0 Å². The van der Waals surface area contributed by atoms with Crippen LogP contribution in [-0.4, -0.2) is 4.98 Å². The first-order valence-electron chi connectivity index (χ1n) is 5.80. The van der Waals surface area contributed by atoms with Crippen molar-refractivity contribution >= 4 is 10.9 Å². The maximum absolute atomic E-state index is 5.39. The molecule has 0 atom stereocenters. The van der Waals surface area contributed by atoms with Crippen LogP contribution in [0.25, 0.3) is 22.2 Å². The Morgan fingerprint density at radius 3 is 2.50 bits per heavy atom. The molecule has 2 aromatic carbocycles. The number of rotatable bonds is 1. The summed E-state index contributed by atoms with van der Waals surface area (Å²) in [7, 11) is 0. The Morgan fingerprint density at radius 1 is 0.889 bits per heavy atom. The summed E-state index contributed by atoms with van der Waals surface area (Å²) in [5.74, 6) is 2.64. The first-order valence-corrected chi connectivity index (χ1v) is 5.80. The summed E-state index contributed by atoms with van der Waals surface area (Å²) < 4.78 is 0. The minimum atomic E-state index is 0.886. The Bertz CT molecular complexity index is 736. The highest BCUT2D eigenvalue weighted by atomic mass is 14.7. The minimum absolute atomic E-state index is 0.886. The lowest BCUT2D eigenvalue weighted by molar-refractivity contribution is 1.40. The standard InChI is InChI=1S/C17H11N/c1-2-13-8-10-17-15(12-13)9-11-16(18-17)14-6-4-3-5-7-14/h1,3-12H. The van der Waals surface area contributed by atoms with Gasteiger partial charge in [0.2, 0.25) is 0 Å². The Labute approximate surface area is 106 Å². The van der Waals surface area contributed by atoms with Crippen molar-refractivity contribution in [2.75, 3.05) is 0 Å². The van der Waals surface area contributed by atoms with E-state index in [1.54, 1.807) is 0 Å². The molecular weight excluding hydrogens is 218 g/mol. The number of benzene rings is 2. The van der Waals surface area contributed by atoms with Crippen LogP contribution in [0, 0.1) is 12.3 Å². The van der Waals surface area contributed by atoms with Crippen LogP contribution >= 0.6 is 0 Å². The van der Waals surface area contributed by atoms with Crippen LogP contribution in [0.5, 0.6) is 0 Å². The SMILES string of the molecule is C#Cc1ccc2nc(-c3ccccc3)ccc2c1. The molecule has 0 saturated carbocycles. The Hall–Kier alpha value is -2.59. The van der Waals surface area contributed by atoms with Crippen molar-refractivity contribution in [2.45, 2.75) is 0 Å². The van der Waals surface area contributed by atoms with Gasteiger partial charge in [0.1, 0.15) is 0 Å². The molecule has 0 aliphatic carbocycles. The molecule has 0 unspecified atom stereocenters. The summed E-state index contributed by atoms with van der Waals surface area (Å²) in [6, 6.07) is 20.1. The predicted octanol–water partition coefficient (Wildman–Crippen LogP) is 3.88. The third-order valence-electron chi connectivity index (χ3n) is 2.93. The fraction of sp³-hybridized carbons (Fsp3) is 0. The van der Waals surface area contributed by atoms with Crippen molar-refractivity contribution in [1.82, 2.24) is 4.98 Å². The van der Waals surface area contributed by atoms with E-state index in [2.05, 4.69) is 29.1 Å². The summed E-state index contributed by atoms with van der Waals surface area (Å²) in [5.41, 5.74) is 3.96. The summed E-state index contributed by atoms with van der Waals surface area (Å²) in [6.45, 7) is 0. The van der Waals surface area contributed by atoms with E-state index in [1.165, 1.54) is 0 Å². The molecule has 0 saturated heterocycles. The molecule has 0 aliphatic heterocycles.